The number of carbonyl (C=O) groups excluding carboxylic acids is 1. The second-order valence-corrected chi connectivity index (χ2v) is 3.30. The van der Waals surface area contributed by atoms with Crippen molar-refractivity contribution < 1.29 is 22.7 Å². The number of nitrogens with zero attached hydrogens (tertiary/aromatic N) is 2. The van der Waals surface area contributed by atoms with Crippen LogP contribution >= 0.6 is 0 Å². The maximum Gasteiger partial charge on any atom is 0.417 e. The van der Waals surface area contributed by atoms with Crippen molar-refractivity contribution in [1.29, 1.82) is 0 Å². The van der Waals surface area contributed by atoms with Gasteiger partial charge in [0.25, 0.3) is 0 Å². The smallest absolute Gasteiger partial charge is 0.417 e. The number of fused-ring (bicyclic) bond motifs is 1. The quantitative estimate of drug-likeness (QED) is 0.722. The van der Waals surface area contributed by atoms with Crippen molar-refractivity contribution in [2.24, 2.45) is 0 Å². The van der Waals surface area contributed by atoms with Crippen LogP contribution in [0.25, 0.3) is 5.52 Å². The fraction of sp³-hybridized carbons (Fsp3) is 0.200. The van der Waals surface area contributed by atoms with Crippen LogP contribution in [-0.2, 0) is 10.9 Å². The van der Waals surface area contributed by atoms with Gasteiger partial charge < -0.3 is 4.74 Å². The van der Waals surface area contributed by atoms with Crippen molar-refractivity contribution in [3.05, 3.63) is 35.7 Å². The minimum Gasteiger partial charge on any atom is -0.465 e. The van der Waals surface area contributed by atoms with Gasteiger partial charge in [0, 0.05) is 6.20 Å². The van der Waals surface area contributed by atoms with Crippen LogP contribution in [0.2, 0.25) is 0 Å². The molecule has 4 nitrogen and oxygen atoms in total. The highest BCUT2D eigenvalue weighted by atomic mass is 19.4. The summed E-state index contributed by atoms with van der Waals surface area (Å²) in [6.07, 6.45) is -2.45. The average molecular weight is 244 g/mol. The summed E-state index contributed by atoms with van der Waals surface area (Å²) < 4.78 is 42.7. The summed E-state index contributed by atoms with van der Waals surface area (Å²) in [5.41, 5.74) is -0.435. The third-order valence-electron chi connectivity index (χ3n) is 2.25. The Kier molecular flexibility index (Phi) is 2.53. The number of ether oxygens (including phenoxy) is 1. The first kappa shape index (κ1) is 11.4. The number of hydrogen-bond donors (Lipinski definition) is 0. The summed E-state index contributed by atoms with van der Waals surface area (Å²) in [7, 11) is 1.19. The lowest BCUT2D eigenvalue weighted by Gasteiger charge is -2.06. The second kappa shape index (κ2) is 3.76. The highest BCUT2D eigenvalue weighted by Crippen LogP contribution is 2.29. The van der Waals surface area contributed by atoms with E-state index >= 15 is 0 Å². The Hall–Kier alpha value is -2.05. The van der Waals surface area contributed by atoms with Crippen LogP contribution in [0.15, 0.2) is 24.5 Å². The van der Waals surface area contributed by atoms with E-state index in [2.05, 4.69) is 9.84 Å². The van der Waals surface area contributed by atoms with Gasteiger partial charge >= 0.3 is 12.1 Å². The molecule has 0 saturated heterocycles. The van der Waals surface area contributed by atoms with Gasteiger partial charge in [0.15, 0.2) is 0 Å². The second-order valence-electron chi connectivity index (χ2n) is 3.30. The maximum atomic E-state index is 12.4. The van der Waals surface area contributed by atoms with E-state index in [1.807, 2.05) is 0 Å². The third kappa shape index (κ3) is 1.95. The zero-order chi connectivity index (χ0) is 12.6. The molecule has 2 aromatic rings. The molecule has 0 fully saturated rings. The largest absolute Gasteiger partial charge is 0.465 e. The SMILES string of the molecule is COC(=O)c1cnn2cc(C(F)(F)F)ccc12. The molecule has 0 bridgehead atoms. The molecule has 0 radical (unpaired) electrons. The first-order valence-electron chi connectivity index (χ1n) is 4.56. The Morgan fingerprint density at radius 2 is 2.12 bits per heavy atom. The van der Waals surface area contributed by atoms with Crippen LogP contribution in [0.4, 0.5) is 13.2 Å². The van der Waals surface area contributed by atoms with Gasteiger partial charge in [-0.3, -0.25) is 0 Å². The van der Waals surface area contributed by atoms with Crippen molar-refractivity contribution in [2.75, 3.05) is 7.11 Å². The molecule has 0 amide bonds. The van der Waals surface area contributed by atoms with Gasteiger partial charge in [-0.2, -0.15) is 18.3 Å². The molecular formula is C10H7F3N2O2. The minimum absolute atomic E-state index is 0.126. The molecule has 2 rings (SSSR count). The first-order valence-corrected chi connectivity index (χ1v) is 4.56. The van der Waals surface area contributed by atoms with Gasteiger partial charge in [-0.15, -0.1) is 0 Å². The maximum absolute atomic E-state index is 12.4. The standard InChI is InChI=1S/C10H7F3N2O2/c1-17-9(16)7-4-14-15-5-6(10(11,12)13)2-3-8(7)15/h2-5H,1H3. The van der Waals surface area contributed by atoms with Gasteiger partial charge in [0.1, 0.15) is 5.56 Å². The lowest BCUT2D eigenvalue weighted by molar-refractivity contribution is -0.137. The molecular weight excluding hydrogens is 237 g/mol. The Balaban J connectivity index is 2.56. The molecule has 17 heavy (non-hydrogen) atoms. The first-order chi connectivity index (χ1) is 7.93. The van der Waals surface area contributed by atoms with Crippen molar-refractivity contribution in [1.82, 2.24) is 9.61 Å². The van der Waals surface area contributed by atoms with E-state index in [0.717, 1.165) is 16.8 Å². The molecule has 0 saturated carbocycles. The van der Waals surface area contributed by atoms with Gasteiger partial charge in [0.2, 0.25) is 0 Å². The normalized spacial score (nSPS) is 11.8. The van der Waals surface area contributed by atoms with Gasteiger partial charge in [0.05, 0.1) is 24.4 Å². The summed E-state index contributed by atoms with van der Waals surface area (Å²) in [5.74, 6) is -0.639. The van der Waals surface area contributed by atoms with Crippen LogP contribution in [0.5, 0.6) is 0 Å². The molecule has 0 spiro atoms. The van der Waals surface area contributed by atoms with Crippen molar-refractivity contribution >= 4 is 11.5 Å². The zero-order valence-corrected chi connectivity index (χ0v) is 8.65. The van der Waals surface area contributed by atoms with E-state index in [9.17, 15) is 18.0 Å². The lowest BCUT2D eigenvalue weighted by atomic mass is 10.2. The van der Waals surface area contributed by atoms with Crippen LogP contribution in [0.1, 0.15) is 15.9 Å². The highest BCUT2D eigenvalue weighted by molar-refractivity contribution is 5.96. The van der Waals surface area contributed by atoms with E-state index in [4.69, 9.17) is 0 Å². The number of aromatic nitrogens is 2. The van der Waals surface area contributed by atoms with Crippen LogP contribution < -0.4 is 0 Å². The van der Waals surface area contributed by atoms with Crippen molar-refractivity contribution in [2.45, 2.75) is 6.18 Å². The number of hydrogen-bond acceptors (Lipinski definition) is 3. The van der Waals surface area contributed by atoms with Gasteiger partial charge in [-0.05, 0) is 12.1 Å². The monoisotopic (exact) mass is 244 g/mol. The molecule has 2 heterocycles. The molecule has 0 N–H and O–H groups in total. The molecule has 0 aliphatic rings. The van der Waals surface area contributed by atoms with E-state index in [1.165, 1.54) is 19.4 Å². The van der Waals surface area contributed by atoms with Crippen molar-refractivity contribution in [3.63, 3.8) is 0 Å². The average Bonchev–Trinajstić information content (AvgIpc) is 2.69. The third-order valence-corrected chi connectivity index (χ3v) is 2.25. The number of esters is 1. The Morgan fingerprint density at radius 3 is 2.71 bits per heavy atom. The van der Waals surface area contributed by atoms with Crippen LogP contribution in [0, 0.1) is 0 Å². The molecule has 2 aromatic heterocycles. The summed E-state index contributed by atoms with van der Waals surface area (Å²) in [5, 5.41) is 3.68. The molecule has 0 unspecified atom stereocenters. The summed E-state index contributed by atoms with van der Waals surface area (Å²) in [6.45, 7) is 0. The topological polar surface area (TPSA) is 43.6 Å². The predicted octanol–water partition coefficient (Wildman–Crippen LogP) is 2.14. The molecule has 7 heteroatoms. The number of alkyl halides is 3. The Bertz CT molecular complexity index is 574. The van der Waals surface area contributed by atoms with E-state index < -0.39 is 17.7 Å². The minimum atomic E-state index is -4.44. The van der Waals surface area contributed by atoms with Crippen molar-refractivity contribution in [3.8, 4) is 0 Å². The molecule has 0 aromatic carbocycles. The Morgan fingerprint density at radius 1 is 1.41 bits per heavy atom. The molecule has 0 atom stereocenters. The number of rotatable bonds is 1. The molecule has 90 valence electrons. The fourth-order valence-electron chi connectivity index (χ4n) is 1.42. The van der Waals surface area contributed by atoms with E-state index in [1.54, 1.807) is 0 Å². The van der Waals surface area contributed by atoms with Gasteiger partial charge in [-0.25, -0.2) is 9.31 Å². The number of halogens is 3. The summed E-state index contributed by atoms with van der Waals surface area (Å²) >= 11 is 0. The summed E-state index contributed by atoms with van der Waals surface area (Å²) in [4.78, 5) is 11.3. The zero-order valence-electron chi connectivity index (χ0n) is 8.65. The number of pyridine rings is 1. The Labute approximate surface area is 93.6 Å². The molecule has 0 aliphatic heterocycles. The van der Waals surface area contributed by atoms with Crippen LogP contribution in [-0.4, -0.2) is 22.7 Å². The van der Waals surface area contributed by atoms with Crippen LogP contribution in [0.3, 0.4) is 0 Å². The summed E-state index contributed by atoms with van der Waals surface area (Å²) in [6, 6.07) is 2.07. The van der Waals surface area contributed by atoms with E-state index in [-0.39, 0.29) is 11.1 Å². The predicted molar refractivity (Wildman–Crippen MR) is 51.5 cm³/mol. The molecule has 0 aliphatic carbocycles. The van der Waals surface area contributed by atoms with E-state index in [0.29, 0.717) is 0 Å². The highest BCUT2D eigenvalue weighted by Gasteiger charge is 2.31. The number of methoxy groups -OCH3 is 1. The number of carbonyl (C=O) groups is 1. The fourth-order valence-corrected chi connectivity index (χ4v) is 1.42. The van der Waals surface area contributed by atoms with Gasteiger partial charge in [-0.1, -0.05) is 0 Å². The lowest BCUT2D eigenvalue weighted by Crippen LogP contribution is -2.07.